The van der Waals surface area contributed by atoms with E-state index in [9.17, 15) is 14.7 Å². The fourth-order valence-corrected chi connectivity index (χ4v) is 4.76. The van der Waals surface area contributed by atoms with E-state index in [0.29, 0.717) is 53.7 Å². The number of phenolic OH excluding ortho intramolecular Hbond substituents is 1. The van der Waals surface area contributed by atoms with Gasteiger partial charge in [0.15, 0.2) is 5.78 Å². The number of nitrogens with zero attached hydrogens (tertiary/aromatic N) is 4. The summed E-state index contributed by atoms with van der Waals surface area (Å²) in [5.41, 5.74) is 3.70. The number of aryl methyl sites for hydroxylation is 1. The lowest BCUT2D eigenvalue weighted by Crippen LogP contribution is -2.49. The summed E-state index contributed by atoms with van der Waals surface area (Å²) in [5, 5.41) is 15.7. The third-order valence-corrected chi connectivity index (χ3v) is 6.65. The van der Waals surface area contributed by atoms with Crippen molar-refractivity contribution < 1.29 is 14.7 Å². The number of amides is 1. The Bertz CT molecular complexity index is 1270. The number of piperazine rings is 1. The van der Waals surface area contributed by atoms with Crippen LogP contribution in [0.5, 0.6) is 5.75 Å². The second kappa shape index (κ2) is 9.38. The number of benzene rings is 2. The lowest BCUT2D eigenvalue weighted by atomic mass is 9.83. The average Bonchev–Trinajstić information content (AvgIpc) is 3.17. The van der Waals surface area contributed by atoms with Crippen LogP contribution in [0, 0.1) is 0 Å². The summed E-state index contributed by atoms with van der Waals surface area (Å²) < 4.78 is 1.62. The molecule has 3 aromatic rings. The number of ketones is 1. The van der Waals surface area contributed by atoms with Gasteiger partial charge in [0.1, 0.15) is 17.1 Å². The van der Waals surface area contributed by atoms with Crippen LogP contribution in [-0.4, -0.2) is 57.7 Å². The molecule has 1 aliphatic rings. The third kappa shape index (κ3) is 4.91. The Labute approximate surface area is 210 Å². The van der Waals surface area contributed by atoms with E-state index in [-0.39, 0.29) is 17.4 Å². The van der Waals surface area contributed by atoms with Crippen LogP contribution in [0.2, 0.25) is 5.02 Å². The van der Waals surface area contributed by atoms with Crippen LogP contribution in [0.1, 0.15) is 54.1 Å². The van der Waals surface area contributed by atoms with Gasteiger partial charge < -0.3 is 14.9 Å². The number of hydrogen-bond acceptors (Lipinski definition) is 5. The van der Waals surface area contributed by atoms with Gasteiger partial charge in [-0.3, -0.25) is 14.3 Å². The number of hydrogen-bond donors (Lipinski definition) is 1. The summed E-state index contributed by atoms with van der Waals surface area (Å²) in [4.78, 5) is 29.4. The second-order valence-electron chi connectivity index (χ2n) is 9.99. The summed E-state index contributed by atoms with van der Waals surface area (Å²) >= 11 is 6.21. The van der Waals surface area contributed by atoms with Gasteiger partial charge in [0.05, 0.1) is 0 Å². The van der Waals surface area contributed by atoms with E-state index in [1.165, 1.54) is 0 Å². The second-order valence-corrected chi connectivity index (χ2v) is 10.4. The van der Waals surface area contributed by atoms with Crippen molar-refractivity contribution in [3.05, 3.63) is 64.3 Å². The SMILES string of the molecule is CC(=O)c1ccc(N2CCN(C(=O)c3c(C(C)(C)C)c(-c4cc(Cl)ccc4O)nn3C)CC2)cc1. The molecule has 1 saturated heterocycles. The van der Waals surface area contributed by atoms with Gasteiger partial charge in [-0.2, -0.15) is 5.10 Å². The molecule has 2 aromatic carbocycles. The monoisotopic (exact) mass is 494 g/mol. The van der Waals surface area contributed by atoms with Gasteiger partial charge >= 0.3 is 0 Å². The first-order valence-corrected chi connectivity index (χ1v) is 12.1. The molecule has 35 heavy (non-hydrogen) atoms. The molecule has 8 heteroatoms. The third-order valence-electron chi connectivity index (χ3n) is 6.42. The Morgan fingerprint density at radius 2 is 1.63 bits per heavy atom. The minimum atomic E-state index is -0.399. The summed E-state index contributed by atoms with van der Waals surface area (Å²) in [5.74, 6) is 0.0360. The zero-order valence-electron chi connectivity index (χ0n) is 20.8. The van der Waals surface area contributed by atoms with Gasteiger partial charge in [0.25, 0.3) is 5.91 Å². The molecule has 0 bridgehead atoms. The fourth-order valence-electron chi connectivity index (χ4n) is 4.59. The van der Waals surface area contributed by atoms with E-state index in [1.54, 1.807) is 36.9 Å². The molecule has 4 rings (SSSR count). The molecular formula is C27H31ClN4O3. The first kappa shape index (κ1) is 24.8. The number of anilines is 1. The van der Waals surface area contributed by atoms with Crippen molar-refractivity contribution in [2.45, 2.75) is 33.1 Å². The highest BCUT2D eigenvalue weighted by Gasteiger charge is 2.34. The molecule has 0 unspecified atom stereocenters. The maximum absolute atomic E-state index is 13.8. The molecule has 1 N–H and O–H groups in total. The lowest BCUT2D eigenvalue weighted by molar-refractivity contribution is 0.0732. The normalized spacial score (nSPS) is 14.3. The highest BCUT2D eigenvalue weighted by molar-refractivity contribution is 6.31. The Hall–Kier alpha value is -3.32. The molecule has 0 spiro atoms. The molecule has 7 nitrogen and oxygen atoms in total. The standard InChI is InChI=1S/C27H31ClN4O3/c1-17(33)18-6-9-20(10-7-18)31-12-14-32(15-13-31)26(35)25-23(27(2,3)4)24(29-30(25)5)21-16-19(28)8-11-22(21)34/h6-11,16,34H,12-15H2,1-5H3. The quantitative estimate of drug-likeness (QED) is 0.521. The molecule has 0 saturated carbocycles. The Balaban J connectivity index is 1.61. The van der Waals surface area contributed by atoms with Crippen LogP contribution in [-0.2, 0) is 12.5 Å². The maximum Gasteiger partial charge on any atom is 0.272 e. The molecule has 1 fully saturated rings. The summed E-state index contributed by atoms with van der Waals surface area (Å²) in [6, 6.07) is 12.4. The predicted octanol–water partition coefficient (Wildman–Crippen LogP) is 4.91. The Kier molecular flexibility index (Phi) is 6.64. The number of Topliss-reactive ketones (excluding diaryl/α,β-unsaturated/α-hetero) is 1. The molecule has 0 radical (unpaired) electrons. The summed E-state index contributed by atoms with van der Waals surface area (Å²) in [6.45, 7) is 10.2. The summed E-state index contributed by atoms with van der Waals surface area (Å²) in [6.07, 6.45) is 0. The number of phenols is 1. The Morgan fingerprint density at radius 3 is 2.20 bits per heavy atom. The van der Waals surface area contributed by atoms with Gasteiger partial charge in [0.2, 0.25) is 0 Å². The highest BCUT2D eigenvalue weighted by atomic mass is 35.5. The van der Waals surface area contributed by atoms with Gasteiger partial charge in [0, 0.05) is 60.6 Å². The van der Waals surface area contributed by atoms with Crippen LogP contribution in [0.25, 0.3) is 11.3 Å². The first-order valence-electron chi connectivity index (χ1n) is 11.7. The van der Waals surface area contributed by atoms with Crippen molar-refractivity contribution in [2.24, 2.45) is 7.05 Å². The van der Waals surface area contributed by atoms with Gasteiger partial charge in [-0.05, 0) is 54.8 Å². The minimum absolute atomic E-state index is 0.0447. The molecule has 184 valence electrons. The Morgan fingerprint density at radius 1 is 1.00 bits per heavy atom. The average molecular weight is 495 g/mol. The minimum Gasteiger partial charge on any atom is -0.507 e. The molecule has 0 aliphatic carbocycles. The van der Waals surface area contributed by atoms with E-state index < -0.39 is 5.41 Å². The van der Waals surface area contributed by atoms with Gasteiger partial charge in [-0.1, -0.05) is 32.4 Å². The van der Waals surface area contributed by atoms with Gasteiger partial charge in [-0.15, -0.1) is 0 Å². The van der Waals surface area contributed by atoms with E-state index in [2.05, 4.69) is 10.00 Å². The molecule has 2 heterocycles. The zero-order chi connectivity index (χ0) is 25.5. The molecular weight excluding hydrogens is 464 g/mol. The number of aromatic hydroxyl groups is 1. The van der Waals surface area contributed by atoms with Crippen LogP contribution in [0.3, 0.4) is 0 Å². The molecule has 1 aromatic heterocycles. The van der Waals surface area contributed by atoms with Crippen LogP contribution >= 0.6 is 11.6 Å². The summed E-state index contributed by atoms with van der Waals surface area (Å²) in [7, 11) is 1.76. The first-order chi connectivity index (χ1) is 16.5. The van der Waals surface area contributed by atoms with Gasteiger partial charge in [-0.25, -0.2) is 0 Å². The maximum atomic E-state index is 13.8. The van der Waals surface area contributed by atoms with E-state index in [0.717, 1.165) is 11.3 Å². The highest BCUT2D eigenvalue weighted by Crippen LogP contribution is 2.40. The van der Waals surface area contributed by atoms with Crippen molar-refractivity contribution in [3.8, 4) is 17.0 Å². The fraction of sp³-hybridized carbons (Fsp3) is 0.370. The van der Waals surface area contributed by atoms with E-state index in [4.69, 9.17) is 11.6 Å². The number of carbonyl (C=O) groups is 2. The van der Waals surface area contributed by atoms with E-state index >= 15 is 0 Å². The van der Waals surface area contributed by atoms with Crippen molar-refractivity contribution in [1.82, 2.24) is 14.7 Å². The molecule has 0 atom stereocenters. The predicted molar refractivity (Wildman–Crippen MR) is 139 cm³/mol. The van der Waals surface area contributed by atoms with Crippen molar-refractivity contribution in [3.63, 3.8) is 0 Å². The molecule has 1 amide bonds. The van der Waals surface area contributed by atoms with Crippen molar-refractivity contribution >= 4 is 29.0 Å². The van der Waals surface area contributed by atoms with Crippen LogP contribution in [0.15, 0.2) is 42.5 Å². The number of halogens is 1. The van der Waals surface area contributed by atoms with Crippen molar-refractivity contribution in [1.29, 1.82) is 0 Å². The lowest BCUT2D eigenvalue weighted by Gasteiger charge is -2.36. The largest absolute Gasteiger partial charge is 0.507 e. The number of rotatable bonds is 4. The van der Waals surface area contributed by atoms with Crippen LogP contribution < -0.4 is 4.90 Å². The number of carbonyl (C=O) groups excluding carboxylic acids is 2. The molecule has 1 aliphatic heterocycles. The number of aromatic nitrogens is 2. The van der Waals surface area contributed by atoms with Crippen LogP contribution in [0.4, 0.5) is 5.69 Å². The smallest absolute Gasteiger partial charge is 0.272 e. The zero-order valence-corrected chi connectivity index (χ0v) is 21.6. The van der Waals surface area contributed by atoms with E-state index in [1.807, 2.05) is 49.9 Å². The van der Waals surface area contributed by atoms with Crippen molar-refractivity contribution in [2.75, 3.05) is 31.1 Å². The topological polar surface area (TPSA) is 78.7 Å².